The minimum Gasteiger partial charge on any atom is -0.497 e. The van der Waals surface area contributed by atoms with Crippen molar-refractivity contribution in [3.05, 3.63) is 54.4 Å². The number of likely N-dealkylation sites (tertiary alicyclic amines) is 1. The fourth-order valence-corrected chi connectivity index (χ4v) is 5.84. The highest BCUT2D eigenvalue weighted by Crippen LogP contribution is 2.36. The molecule has 0 spiro atoms. The Kier molecular flexibility index (Phi) is 9.04. The second kappa shape index (κ2) is 12.4. The second-order valence-electron chi connectivity index (χ2n) is 9.17. The van der Waals surface area contributed by atoms with Gasteiger partial charge in [-0.15, -0.1) is 0 Å². The SMILES string of the molecule is COc1ccc2nccc([C@@H](F)CC[C@@H]3CCN(CCCSc4ccco4)C[C@@H]3CC(=O)O)c2c1. The highest BCUT2D eigenvalue weighted by atomic mass is 32.2. The Morgan fingerprint density at radius 3 is 3.00 bits per heavy atom. The van der Waals surface area contributed by atoms with Gasteiger partial charge in [0.25, 0.3) is 0 Å². The number of rotatable bonds is 12. The van der Waals surface area contributed by atoms with Crippen LogP contribution in [0.3, 0.4) is 0 Å². The van der Waals surface area contributed by atoms with Crippen LogP contribution in [0.5, 0.6) is 5.75 Å². The quantitative estimate of drug-likeness (QED) is 0.234. The first-order valence-corrected chi connectivity index (χ1v) is 13.2. The topological polar surface area (TPSA) is 75.8 Å². The average molecular weight is 501 g/mol. The van der Waals surface area contributed by atoms with E-state index in [1.165, 1.54) is 0 Å². The van der Waals surface area contributed by atoms with Crippen LogP contribution in [0.25, 0.3) is 10.9 Å². The number of piperidine rings is 1. The summed E-state index contributed by atoms with van der Waals surface area (Å²) in [6.45, 7) is 2.63. The first-order chi connectivity index (χ1) is 17.0. The Bertz CT molecular complexity index is 1090. The lowest BCUT2D eigenvalue weighted by Gasteiger charge is -2.38. The van der Waals surface area contributed by atoms with Crippen LogP contribution in [0.4, 0.5) is 4.39 Å². The molecular weight excluding hydrogens is 467 g/mol. The van der Waals surface area contributed by atoms with E-state index in [9.17, 15) is 9.90 Å². The number of halogens is 1. The smallest absolute Gasteiger partial charge is 0.303 e. The van der Waals surface area contributed by atoms with Gasteiger partial charge in [-0.05, 0) is 92.6 Å². The number of carboxylic acids is 1. The van der Waals surface area contributed by atoms with E-state index < -0.39 is 12.1 Å². The highest BCUT2D eigenvalue weighted by Gasteiger charge is 2.31. The number of carbonyl (C=O) groups is 1. The summed E-state index contributed by atoms with van der Waals surface area (Å²) in [5, 5.41) is 11.2. The Morgan fingerprint density at radius 1 is 1.34 bits per heavy atom. The maximum atomic E-state index is 15.4. The van der Waals surface area contributed by atoms with E-state index in [0.717, 1.165) is 54.2 Å². The van der Waals surface area contributed by atoms with E-state index in [-0.39, 0.29) is 18.3 Å². The molecule has 0 unspecified atom stereocenters. The van der Waals surface area contributed by atoms with Gasteiger partial charge in [0.1, 0.15) is 11.9 Å². The fraction of sp³-hybridized carbons (Fsp3) is 0.481. The lowest BCUT2D eigenvalue weighted by molar-refractivity contribution is -0.139. The van der Waals surface area contributed by atoms with Crippen molar-refractivity contribution in [3.63, 3.8) is 0 Å². The molecule has 0 aliphatic carbocycles. The number of hydrogen-bond acceptors (Lipinski definition) is 6. The van der Waals surface area contributed by atoms with Crippen molar-refractivity contribution >= 4 is 28.6 Å². The molecular formula is C27H33FN2O4S. The number of fused-ring (bicyclic) bond motifs is 1. The molecule has 1 aliphatic heterocycles. The lowest BCUT2D eigenvalue weighted by atomic mass is 9.79. The van der Waals surface area contributed by atoms with Gasteiger partial charge in [-0.2, -0.15) is 0 Å². The molecule has 1 N–H and O–H groups in total. The molecule has 0 radical (unpaired) electrons. The predicted octanol–water partition coefficient (Wildman–Crippen LogP) is 6.22. The molecule has 3 heterocycles. The van der Waals surface area contributed by atoms with Crippen molar-refractivity contribution in [2.75, 3.05) is 32.5 Å². The van der Waals surface area contributed by atoms with E-state index in [0.29, 0.717) is 24.2 Å². The fourth-order valence-electron chi connectivity index (χ4n) is 5.06. The van der Waals surface area contributed by atoms with Crippen molar-refractivity contribution in [2.45, 2.75) is 43.4 Å². The van der Waals surface area contributed by atoms with Gasteiger partial charge in [-0.3, -0.25) is 9.78 Å². The zero-order valence-corrected chi connectivity index (χ0v) is 20.9. The minimum absolute atomic E-state index is 0.0421. The van der Waals surface area contributed by atoms with Crippen molar-refractivity contribution in [1.29, 1.82) is 0 Å². The number of methoxy groups -OCH3 is 1. The summed E-state index contributed by atoms with van der Waals surface area (Å²) < 4.78 is 26.1. The van der Waals surface area contributed by atoms with Crippen LogP contribution in [0, 0.1) is 11.8 Å². The number of furan rings is 1. The van der Waals surface area contributed by atoms with E-state index in [2.05, 4.69) is 9.88 Å². The normalized spacial score (nSPS) is 19.6. The maximum Gasteiger partial charge on any atom is 0.303 e. The number of benzene rings is 1. The largest absolute Gasteiger partial charge is 0.497 e. The van der Waals surface area contributed by atoms with Crippen LogP contribution in [0.2, 0.25) is 0 Å². The molecule has 4 rings (SSSR count). The third-order valence-electron chi connectivity index (χ3n) is 6.88. The molecule has 1 fully saturated rings. The first-order valence-electron chi connectivity index (χ1n) is 12.2. The Balaban J connectivity index is 1.32. The van der Waals surface area contributed by atoms with Crippen LogP contribution in [-0.4, -0.2) is 53.5 Å². The van der Waals surface area contributed by atoms with Crippen molar-refractivity contribution in [2.24, 2.45) is 11.8 Å². The van der Waals surface area contributed by atoms with E-state index >= 15 is 4.39 Å². The summed E-state index contributed by atoms with van der Waals surface area (Å²) in [4.78, 5) is 18.3. The van der Waals surface area contributed by atoms with Crippen molar-refractivity contribution in [3.8, 4) is 5.75 Å². The monoisotopic (exact) mass is 500 g/mol. The number of alkyl halides is 1. The number of pyridine rings is 1. The molecule has 2 aromatic heterocycles. The molecule has 188 valence electrons. The Labute approximate surface area is 209 Å². The van der Waals surface area contributed by atoms with Crippen molar-refractivity contribution in [1.82, 2.24) is 9.88 Å². The third kappa shape index (κ3) is 6.98. The number of aliphatic carboxylic acids is 1. The van der Waals surface area contributed by atoms with Gasteiger partial charge in [0.2, 0.25) is 0 Å². The summed E-state index contributed by atoms with van der Waals surface area (Å²) in [6, 6.07) is 11.1. The highest BCUT2D eigenvalue weighted by molar-refractivity contribution is 7.99. The average Bonchev–Trinajstić information content (AvgIpc) is 3.38. The molecule has 1 aliphatic rings. The number of ether oxygens (including phenoxy) is 1. The first kappa shape index (κ1) is 25.5. The molecule has 0 amide bonds. The van der Waals surface area contributed by atoms with Gasteiger partial charge in [-0.25, -0.2) is 4.39 Å². The van der Waals surface area contributed by atoms with Crippen LogP contribution >= 0.6 is 11.8 Å². The summed E-state index contributed by atoms with van der Waals surface area (Å²) in [5.41, 5.74) is 1.36. The maximum absolute atomic E-state index is 15.4. The zero-order chi connectivity index (χ0) is 24.6. The summed E-state index contributed by atoms with van der Waals surface area (Å²) in [5.74, 6) is 1.11. The molecule has 3 aromatic rings. The Hall–Kier alpha value is -2.58. The van der Waals surface area contributed by atoms with Gasteiger partial charge in [0, 0.05) is 30.3 Å². The van der Waals surface area contributed by atoms with Crippen LogP contribution in [0.15, 0.2) is 58.4 Å². The molecule has 8 heteroatoms. The van der Waals surface area contributed by atoms with Crippen LogP contribution in [-0.2, 0) is 4.79 Å². The number of nitrogens with zero attached hydrogens (tertiary/aromatic N) is 2. The van der Waals surface area contributed by atoms with Gasteiger partial charge < -0.3 is 19.2 Å². The number of carboxylic acid groups (broad SMARTS) is 1. The number of hydrogen-bond donors (Lipinski definition) is 1. The molecule has 0 saturated carbocycles. The van der Waals surface area contributed by atoms with Gasteiger partial charge in [-0.1, -0.05) is 11.8 Å². The molecule has 1 aromatic carbocycles. The van der Waals surface area contributed by atoms with Crippen molar-refractivity contribution < 1.29 is 23.4 Å². The van der Waals surface area contributed by atoms with Gasteiger partial charge in [0.05, 0.1) is 18.9 Å². The molecule has 0 bridgehead atoms. The molecule has 1 saturated heterocycles. The molecule has 35 heavy (non-hydrogen) atoms. The summed E-state index contributed by atoms with van der Waals surface area (Å²) in [7, 11) is 1.59. The summed E-state index contributed by atoms with van der Waals surface area (Å²) >= 11 is 1.70. The standard InChI is InChI=1S/C27H33FN2O4S/c1-33-21-6-8-25-23(17-21)22(9-11-29-25)24(28)7-5-19-10-13-30(18-20(19)16-26(31)32)12-3-15-35-27-4-2-14-34-27/h2,4,6,8-9,11,14,17,19-20,24H,3,5,7,10,12-13,15-16,18H2,1H3,(H,31,32)/t19-,20+,24+/m1/s1. The van der Waals surface area contributed by atoms with E-state index in [1.54, 1.807) is 37.4 Å². The molecule has 3 atom stereocenters. The minimum atomic E-state index is -1.13. The second-order valence-corrected chi connectivity index (χ2v) is 10.3. The number of thioether (sulfide) groups is 1. The van der Waals surface area contributed by atoms with Crippen LogP contribution in [0.1, 0.15) is 43.8 Å². The zero-order valence-electron chi connectivity index (χ0n) is 20.1. The number of aromatic nitrogens is 1. The predicted molar refractivity (Wildman–Crippen MR) is 136 cm³/mol. The summed E-state index contributed by atoms with van der Waals surface area (Å²) in [6.07, 6.45) is 5.30. The lowest BCUT2D eigenvalue weighted by Crippen LogP contribution is -2.42. The van der Waals surface area contributed by atoms with Gasteiger partial charge >= 0.3 is 5.97 Å². The van der Waals surface area contributed by atoms with E-state index in [1.807, 2.05) is 30.3 Å². The van der Waals surface area contributed by atoms with Gasteiger partial charge in [0.15, 0.2) is 5.09 Å². The van der Waals surface area contributed by atoms with Crippen LogP contribution < -0.4 is 4.74 Å². The third-order valence-corrected chi connectivity index (χ3v) is 7.89. The molecule has 6 nitrogen and oxygen atoms in total. The Morgan fingerprint density at radius 2 is 2.23 bits per heavy atom. The van der Waals surface area contributed by atoms with E-state index in [4.69, 9.17) is 9.15 Å².